The van der Waals surface area contributed by atoms with Gasteiger partial charge < -0.3 is 5.32 Å². The molecule has 14 heavy (non-hydrogen) atoms. The van der Waals surface area contributed by atoms with Crippen LogP contribution in [0.3, 0.4) is 0 Å². The van der Waals surface area contributed by atoms with Crippen molar-refractivity contribution in [2.45, 2.75) is 32.2 Å². The van der Waals surface area contributed by atoms with E-state index in [1.165, 1.54) is 24.8 Å². The Bertz CT molecular complexity index is 346. The van der Waals surface area contributed by atoms with Gasteiger partial charge in [0.05, 0.1) is 0 Å². The fourth-order valence-corrected chi connectivity index (χ4v) is 3.00. The predicted molar refractivity (Wildman–Crippen MR) is 59.1 cm³/mol. The molecule has 0 aromatic heterocycles. The minimum Gasteiger partial charge on any atom is -0.310 e. The van der Waals surface area contributed by atoms with Gasteiger partial charge in [0, 0.05) is 12.6 Å². The lowest BCUT2D eigenvalue weighted by atomic mass is 9.81. The Labute approximate surface area is 85.6 Å². The lowest BCUT2D eigenvalue weighted by Crippen LogP contribution is -2.27. The summed E-state index contributed by atoms with van der Waals surface area (Å²) in [4.78, 5) is 0. The molecule has 3 aliphatic rings. The van der Waals surface area contributed by atoms with Crippen LogP contribution in [0.15, 0.2) is 34.9 Å². The standard InChI is InChI=1S/C13H17N/c1-9-7-11-4-2-3-10-5-6-12(8-14-9)13(10)11/h3,5-6,9,11,14H,2,4,7-8H2,1H3. The summed E-state index contributed by atoms with van der Waals surface area (Å²) in [6.45, 7) is 3.38. The van der Waals surface area contributed by atoms with Crippen LogP contribution in [-0.4, -0.2) is 12.6 Å². The average Bonchev–Trinajstić information content (AvgIpc) is 2.51. The number of hydrogen-bond donors (Lipinski definition) is 1. The Hall–Kier alpha value is -0.820. The van der Waals surface area contributed by atoms with Crippen LogP contribution in [0.5, 0.6) is 0 Å². The van der Waals surface area contributed by atoms with Crippen molar-refractivity contribution < 1.29 is 0 Å². The molecule has 0 bridgehead atoms. The zero-order valence-corrected chi connectivity index (χ0v) is 8.72. The zero-order chi connectivity index (χ0) is 9.54. The highest BCUT2D eigenvalue weighted by Gasteiger charge is 2.29. The Morgan fingerprint density at radius 1 is 1.36 bits per heavy atom. The second-order valence-electron chi connectivity index (χ2n) is 4.72. The molecule has 1 N–H and O–H groups in total. The van der Waals surface area contributed by atoms with Gasteiger partial charge in [-0.15, -0.1) is 0 Å². The first-order valence-electron chi connectivity index (χ1n) is 5.69. The molecule has 1 aliphatic heterocycles. The van der Waals surface area contributed by atoms with E-state index >= 15 is 0 Å². The van der Waals surface area contributed by atoms with Crippen LogP contribution in [0.25, 0.3) is 0 Å². The van der Waals surface area contributed by atoms with Crippen LogP contribution in [0, 0.1) is 5.92 Å². The van der Waals surface area contributed by atoms with Crippen molar-refractivity contribution in [2.24, 2.45) is 5.92 Å². The van der Waals surface area contributed by atoms with Crippen molar-refractivity contribution in [2.75, 3.05) is 6.54 Å². The van der Waals surface area contributed by atoms with Crippen LogP contribution in [0.4, 0.5) is 0 Å². The number of hydrogen-bond acceptors (Lipinski definition) is 1. The van der Waals surface area contributed by atoms with E-state index in [4.69, 9.17) is 0 Å². The maximum atomic E-state index is 3.59. The number of allylic oxidation sites excluding steroid dienone is 4. The van der Waals surface area contributed by atoms with Gasteiger partial charge in [0.15, 0.2) is 0 Å². The summed E-state index contributed by atoms with van der Waals surface area (Å²) in [6.07, 6.45) is 11.0. The van der Waals surface area contributed by atoms with Gasteiger partial charge in [-0.25, -0.2) is 0 Å². The molecule has 74 valence electrons. The highest BCUT2D eigenvalue weighted by molar-refractivity contribution is 5.56. The molecular formula is C13H17N. The van der Waals surface area contributed by atoms with Crippen molar-refractivity contribution >= 4 is 0 Å². The highest BCUT2D eigenvalue weighted by Crippen LogP contribution is 2.40. The summed E-state index contributed by atoms with van der Waals surface area (Å²) in [7, 11) is 0. The van der Waals surface area contributed by atoms with E-state index in [1.54, 1.807) is 11.1 Å². The lowest BCUT2D eigenvalue weighted by Gasteiger charge is -2.24. The zero-order valence-electron chi connectivity index (χ0n) is 8.72. The molecule has 0 saturated carbocycles. The van der Waals surface area contributed by atoms with Crippen LogP contribution >= 0.6 is 0 Å². The first kappa shape index (κ1) is 8.49. The van der Waals surface area contributed by atoms with E-state index < -0.39 is 0 Å². The number of nitrogens with one attached hydrogen (secondary N) is 1. The molecule has 0 spiro atoms. The lowest BCUT2D eigenvalue weighted by molar-refractivity contribution is 0.443. The van der Waals surface area contributed by atoms with Gasteiger partial charge in [-0.1, -0.05) is 18.2 Å². The quantitative estimate of drug-likeness (QED) is 0.614. The fourth-order valence-electron chi connectivity index (χ4n) is 3.00. The first-order chi connectivity index (χ1) is 6.84. The smallest absolute Gasteiger partial charge is 0.0211 e. The van der Waals surface area contributed by atoms with E-state index in [2.05, 4.69) is 30.5 Å². The molecule has 2 atom stereocenters. The third-order valence-electron chi connectivity index (χ3n) is 3.69. The van der Waals surface area contributed by atoms with E-state index in [9.17, 15) is 0 Å². The van der Waals surface area contributed by atoms with Gasteiger partial charge in [0.25, 0.3) is 0 Å². The van der Waals surface area contributed by atoms with E-state index in [-0.39, 0.29) is 0 Å². The Morgan fingerprint density at radius 2 is 2.29 bits per heavy atom. The van der Waals surface area contributed by atoms with Gasteiger partial charge in [0.2, 0.25) is 0 Å². The Balaban J connectivity index is 2.03. The average molecular weight is 187 g/mol. The summed E-state index contributed by atoms with van der Waals surface area (Å²) in [5.74, 6) is 0.824. The fraction of sp³-hybridized carbons (Fsp3) is 0.538. The molecule has 0 aromatic rings. The normalized spacial score (nSPS) is 35.4. The molecule has 0 saturated heterocycles. The summed E-state index contributed by atoms with van der Waals surface area (Å²) in [5, 5.41) is 3.59. The molecule has 0 radical (unpaired) electrons. The Morgan fingerprint density at radius 3 is 3.21 bits per heavy atom. The maximum Gasteiger partial charge on any atom is 0.0211 e. The van der Waals surface area contributed by atoms with Crippen molar-refractivity contribution in [1.82, 2.24) is 5.32 Å². The van der Waals surface area contributed by atoms with Gasteiger partial charge in [-0.05, 0) is 48.8 Å². The van der Waals surface area contributed by atoms with Crippen molar-refractivity contribution in [1.29, 1.82) is 0 Å². The summed E-state index contributed by atoms with van der Waals surface area (Å²) in [6, 6.07) is 0.679. The maximum absolute atomic E-state index is 3.59. The molecule has 2 aliphatic carbocycles. The van der Waals surface area contributed by atoms with Gasteiger partial charge in [-0.2, -0.15) is 0 Å². The van der Waals surface area contributed by atoms with Crippen molar-refractivity contribution in [3.8, 4) is 0 Å². The molecule has 0 amide bonds. The molecule has 3 rings (SSSR count). The predicted octanol–water partition coefficient (Wildman–Crippen LogP) is 2.57. The van der Waals surface area contributed by atoms with E-state index in [1.807, 2.05) is 0 Å². The summed E-state index contributed by atoms with van der Waals surface area (Å²) < 4.78 is 0. The highest BCUT2D eigenvalue weighted by atomic mass is 14.9. The van der Waals surface area contributed by atoms with Gasteiger partial charge in [-0.3, -0.25) is 0 Å². The molecule has 1 heteroatoms. The monoisotopic (exact) mass is 187 g/mol. The number of rotatable bonds is 0. The third-order valence-corrected chi connectivity index (χ3v) is 3.69. The minimum atomic E-state index is 0.679. The van der Waals surface area contributed by atoms with Gasteiger partial charge in [0.1, 0.15) is 0 Å². The summed E-state index contributed by atoms with van der Waals surface area (Å²) in [5.41, 5.74) is 4.73. The molecular weight excluding hydrogens is 170 g/mol. The van der Waals surface area contributed by atoms with E-state index in [0.29, 0.717) is 6.04 Å². The second kappa shape index (κ2) is 3.09. The third kappa shape index (κ3) is 1.19. The minimum absolute atomic E-state index is 0.679. The van der Waals surface area contributed by atoms with Crippen LogP contribution in [0.2, 0.25) is 0 Å². The van der Waals surface area contributed by atoms with Crippen molar-refractivity contribution in [3.63, 3.8) is 0 Å². The van der Waals surface area contributed by atoms with Crippen LogP contribution < -0.4 is 5.32 Å². The van der Waals surface area contributed by atoms with Crippen molar-refractivity contribution in [3.05, 3.63) is 34.9 Å². The molecule has 1 heterocycles. The SMILES string of the molecule is CC1CC2CCC=C3C=CC(=C32)CN1. The van der Waals surface area contributed by atoms with Gasteiger partial charge >= 0.3 is 0 Å². The molecule has 0 fully saturated rings. The topological polar surface area (TPSA) is 12.0 Å². The first-order valence-corrected chi connectivity index (χ1v) is 5.69. The molecule has 1 nitrogen and oxygen atoms in total. The molecule has 2 unspecified atom stereocenters. The van der Waals surface area contributed by atoms with Crippen LogP contribution in [0.1, 0.15) is 26.2 Å². The van der Waals surface area contributed by atoms with Crippen LogP contribution in [-0.2, 0) is 0 Å². The Kier molecular flexibility index (Phi) is 1.88. The summed E-state index contributed by atoms with van der Waals surface area (Å²) >= 11 is 0. The largest absolute Gasteiger partial charge is 0.310 e. The van der Waals surface area contributed by atoms with E-state index in [0.717, 1.165) is 12.5 Å². The molecule has 0 aromatic carbocycles. The second-order valence-corrected chi connectivity index (χ2v) is 4.72.